The van der Waals surface area contributed by atoms with Crippen LogP contribution in [0.15, 0.2) is 41.7 Å². The van der Waals surface area contributed by atoms with E-state index >= 15 is 0 Å². The summed E-state index contributed by atoms with van der Waals surface area (Å²) in [6.45, 7) is 1.92. The van der Waals surface area contributed by atoms with Crippen LogP contribution in [-0.2, 0) is 12.8 Å². The number of ether oxygens (including phenoxy) is 1. The summed E-state index contributed by atoms with van der Waals surface area (Å²) in [6, 6.07) is 9.99. The summed E-state index contributed by atoms with van der Waals surface area (Å²) in [4.78, 5) is 30.4. The van der Waals surface area contributed by atoms with E-state index in [1.54, 1.807) is 24.7 Å². The standard InChI is InChI=1S/C21H22N4O3/c1-4-16-19(23-27)25-12-15(21(26)24(2)3)14-10-11-17(13-8-6-5-7-9-13)28-18(14)20(25)22-16/h5-9,12,17H,4,10-11H2,1-3H3. The molecule has 7 nitrogen and oxygen atoms in total. The fourth-order valence-electron chi connectivity index (χ4n) is 3.73. The third-order valence-corrected chi connectivity index (χ3v) is 5.16. The van der Waals surface area contributed by atoms with Crippen LogP contribution in [0.4, 0.5) is 5.82 Å². The molecule has 0 bridgehead atoms. The Morgan fingerprint density at radius 2 is 2.07 bits per heavy atom. The van der Waals surface area contributed by atoms with Gasteiger partial charge >= 0.3 is 0 Å². The monoisotopic (exact) mass is 378 g/mol. The Bertz CT molecular complexity index is 1060. The van der Waals surface area contributed by atoms with Crippen molar-refractivity contribution >= 4 is 17.4 Å². The molecule has 7 heteroatoms. The predicted octanol–water partition coefficient (Wildman–Crippen LogP) is 4.06. The first-order valence-electron chi connectivity index (χ1n) is 9.38. The van der Waals surface area contributed by atoms with Crippen LogP contribution in [0.1, 0.15) is 46.6 Å². The van der Waals surface area contributed by atoms with Crippen molar-refractivity contribution in [1.82, 2.24) is 14.3 Å². The lowest BCUT2D eigenvalue weighted by molar-refractivity contribution is 0.0823. The molecule has 0 radical (unpaired) electrons. The Hall–Kier alpha value is -3.22. The molecule has 0 saturated heterocycles. The summed E-state index contributed by atoms with van der Waals surface area (Å²) < 4.78 is 7.95. The first-order chi connectivity index (χ1) is 13.5. The highest BCUT2D eigenvalue weighted by molar-refractivity contribution is 5.97. The maximum atomic E-state index is 12.8. The Morgan fingerprint density at radius 1 is 1.32 bits per heavy atom. The molecule has 1 unspecified atom stereocenters. The van der Waals surface area contributed by atoms with E-state index in [2.05, 4.69) is 10.2 Å². The maximum absolute atomic E-state index is 12.8. The lowest BCUT2D eigenvalue weighted by Gasteiger charge is -2.28. The van der Waals surface area contributed by atoms with Crippen LogP contribution in [0.25, 0.3) is 5.65 Å². The number of nitrogens with zero attached hydrogens (tertiary/aromatic N) is 4. The van der Waals surface area contributed by atoms with Gasteiger partial charge in [-0.05, 0) is 30.0 Å². The molecule has 4 rings (SSSR count). The molecule has 1 aliphatic rings. The minimum Gasteiger partial charge on any atom is -0.481 e. The summed E-state index contributed by atoms with van der Waals surface area (Å²) in [7, 11) is 3.42. The highest BCUT2D eigenvalue weighted by Crippen LogP contribution is 2.41. The number of benzene rings is 1. The molecule has 1 aromatic carbocycles. The Kier molecular flexibility index (Phi) is 4.58. The summed E-state index contributed by atoms with van der Waals surface area (Å²) in [5.41, 5.74) is 3.56. The van der Waals surface area contributed by atoms with Crippen molar-refractivity contribution in [1.29, 1.82) is 0 Å². The normalized spacial score (nSPS) is 15.8. The average molecular weight is 378 g/mol. The molecular weight excluding hydrogens is 356 g/mol. The van der Waals surface area contributed by atoms with Gasteiger partial charge in [-0.15, -0.1) is 4.91 Å². The first kappa shape index (κ1) is 18.2. The van der Waals surface area contributed by atoms with E-state index in [9.17, 15) is 9.70 Å². The topological polar surface area (TPSA) is 76.3 Å². The quantitative estimate of drug-likeness (QED) is 0.642. The molecule has 0 spiro atoms. The van der Waals surface area contributed by atoms with Gasteiger partial charge < -0.3 is 9.64 Å². The second-order valence-corrected chi connectivity index (χ2v) is 7.13. The number of amides is 1. The second-order valence-electron chi connectivity index (χ2n) is 7.13. The Balaban J connectivity index is 1.94. The van der Waals surface area contributed by atoms with Gasteiger partial charge in [-0.3, -0.25) is 9.20 Å². The SMILES string of the molecule is CCc1nc2c3c(c(C(=O)N(C)C)cn2c1N=O)CCC(c1ccccc1)O3. The van der Waals surface area contributed by atoms with Crippen LogP contribution >= 0.6 is 0 Å². The van der Waals surface area contributed by atoms with Crippen LogP contribution in [0.2, 0.25) is 0 Å². The van der Waals surface area contributed by atoms with Crippen molar-refractivity contribution in [3.63, 3.8) is 0 Å². The van der Waals surface area contributed by atoms with E-state index < -0.39 is 0 Å². The molecule has 1 aliphatic heterocycles. The van der Waals surface area contributed by atoms with Gasteiger partial charge in [0, 0.05) is 25.9 Å². The summed E-state index contributed by atoms with van der Waals surface area (Å²) in [5, 5.41) is 3.17. The van der Waals surface area contributed by atoms with E-state index in [4.69, 9.17) is 4.74 Å². The van der Waals surface area contributed by atoms with Crippen molar-refractivity contribution in [2.45, 2.75) is 32.3 Å². The fraction of sp³-hybridized carbons (Fsp3) is 0.333. The van der Waals surface area contributed by atoms with Crippen molar-refractivity contribution in [2.75, 3.05) is 14.1 Å². The zero-order chi connectivity index (χ0) is 19.8. The Labute approximate surface area is 162 Å². The molecule has 28 heavy (non-hydrogen) atoms. The van der Waals surface area contributed by atoms with Gasteiger partial charge in [-0.2, -0.15) is 0 Å². The number of aromatic nitrogens is 2. The highest BCUT2D eigenvalue weighted by atomic mass is 16.5. The van der Waals surface area contributed by atoms with Gasteiger partial charge in [-0.1, -0.05) is 37.3 Å². The smallest absolute Gasteiger partial charge is 0.255 e. The van der Waals surface area contributed by atoms with Gasteiger partial charge in [0.2, 0.25) is 5.82 Å². The minimum atomic E-state index is -0.136. The summed E-state index contributed by atoms with van der Waals surface area (Å²) in [6.07, 6.45) is 3.57. The molecule has 3 heterocycles. The molecule has 0 aliphatic carbocycles. The molecule has 1 amide bonds. The number of fused-ring (bicyclic) bond motifs is 3. The number of pyridine rings is 1. The van der Waals surface area contributed by atoms with Crippen LogP contribution in [0, 0.1) is 4.91 Å². The number of carbonyl (C=O) groups excluding carboxylic acids is 1. The third-order valence-electron chi connectivity index (χ3n) is 5.16. The maximum Gasteiger partial charge on any atom is 0.255 e. The third kappa shape index (κ3) is 2.83. The van der Waals surface area contributed by atoms with Crippen LogP contribution in [-0.4, -0.2) is 34.3 Å². The molecule has 144 valence electrons. The van der Waals surface area contributed by atoms with Crippen molar-refractivity contribution in [3.8, 4) is 5.75 Å². The number of aryl methyl sites for hydroxylation is 1. The van der Waals surface area contributed by atoms with Crippen LogP contribution in [0.5, 0.6) is 5.75 Å². The van der Waals surface area contributed by atoms with Crippen LogP contribution in [0.3, 0.4) is 0 Å². The first-order valence-corrected chi connectivity index (χ1v) is 9.38. The van der Waals surface area contributed by atoms with Gasteiger partial charge in [0.05, 0.1) is 11.3 Å². The largest absolute Gasteiger partial charge is 0.481 e. The number of nitroso groups, excluding NO2 is 1. The lowest BCUT2D eigenvalue weighted by Crippen LogP contribution is -2.26. The molecule has 0 saturated carbocycles. The lowest BCUT2D eigenvalue weighted by atomic mass is 9.95. The van der Waals surface area contributed by atoms with Crippen molar-refractivity contribution in [3.05, 3.63) is 63.8 Å². The summed E-state index contributed by atoms with van der Waals surface area (Å²) in [5.74, 6) is 0.652. The number of carbonyl (C=O) groups is 1. The van der Waals surface area contributed by atoms with Crippen molar-refractivity contribution < 1.29 is 9.53 Å². The van der Waals surface area contributed by atoms with E-state index in [-0.39, 0.29) is 17.8 Å². The van der Waals surface area contributed by atoms with E-state index in [1.807, 2.05) is 37.3 Å². The minimum absolute atomic E-state index is 0.128. The van der Waals surface area contributed by atoms with Crippen LogP contribution < -0.4 is 4.74 Å². The molecule has 0 fully saturated rings. The Morgan fingerprint density at radius 3 is 2.71 bits per heavy atom. The summed E-state index contributed by atoms with van der Waals surface area (Å²) >= 11 is 0. The average Bonchev–Trinajstić information content (AvgIpc) is 3.10. The molecular formula is C21H22N4O3. The second kappa shape index (κ2) is 7.07. The van der Waals surface area contributed by atoms with Gasteiger partial charge in [0.25, 0.3) is 5.91 Å². The highest BCUT2D eigenvalue weighted by Gasteiger charge is 2.30. The predicted molar refractivity (Wildman–Crippen MR) is 106 cm³/mol. The van der Waals surface area contributed by atoms with Crippen molar-refractivity contribution in [2.24, 2.45) is 5.18 Å². The van der Waals surface area contributed by atoms with Gasteiger partial charge in [0.15, 0.2) is 11.4 Å². The molecule has 3 aromatic rings. The van der Waals surface area contributed by atoms with E-state index in [0.29, 0.717) is 35.5 Å². The number of rotatable bonds is 4. The number of hydrogen-bond acceptors (Lipinski definition) is 5. The van der Waals surface area contributed by atoms with Gasteiger partial charge in [0.1, 0.15) is 6.10 Å². The zero-order valence-corrected chi connectivity index (χ0v) is 16.2. The molecule has 0 N–H and O–H groups in total. The number of hydrogen-bond donors (Lipinski definition) is 0. The van der Waals surface area contributed by atoms with Gasteiger partial charge in [-0.25, -0.2) is 4.98 Å². The molecule has 2 aromatic heterocycles. The van der Waals surface area contributed by atoms with E-state index in [1.165, 1.54) is 4.90 Å². The van der Waals surface area contributed by atoms with E-state index in [0.717, 1.165) is 17.5 Å². The molecule has 1 atom stereocenters. The fourth-order valence-corrected chi connectivity index (χ4v) is 3.73. The zero-order valence-electron chi connectivity index (χ0n) is 16.2. The number of imidazole rings is 1.